The zero-order valence-electron chi connectivity index (χ0n) is 19.1. The van der Waals surface area contributed by atoms with E-state index in [2.05, 4.69) is 10.0 Å². The van der Waals surface area contributed by atoms with Gasteiger partial charge in [-0.3, -0.25) is 9.59 Å². The Morgan fingerprint density at radius 2 is 1.52 bits per heavy atom. The molecule has 0 aliphatic carbocycles. The lowest BCUT2D eigenvalue weighted by Gasteiger charge is -2.21. The predicted octanol–water partition coefficient (Wildman–Crippen LogP) is 2.20. The van der Waals surface area contributed by atoms with Gasteiger partial charge < -0.3 is 24.3 Å². The summed E-state index contributed by atoms with van der Waals surface area (Å²) in [6.07, 6.45) is 0. The second-order valence-electron chi connectivity index (χ2n) is 7.24. The van der Waals surface area contributed by atoms with Crippen LogP contribution >= 0.6 is 0 Å². The van der Waals surface area contributed by atoms with Crippen molar-refractivity contribution in [1.29, 1.82) is 0 Å². The highest BCUT2D eigenvalue weighted by Crippen LogP contribution is 2.29. The average molecular weight is 481 g/mol. The van der Waals surface area contributed by atoms with Crippen LogP contribution in [0.2, 0.25) is 0 Å². The summed E-state index contributed by atoms with van der Waals surface area (Å²) in [6.45, 7) is 2.71. The van der Waals surface area contributed by atoms with Crippen molar-refractivity contribution in [2.24, 2.45) is 5.92 Å². The van der Waals surface area contributed by atoms with Crippen LogP contribution in [0.15, 0.2) is 47.4 Å². The van der Waals surface area contributed by atoms with Crippen LogP contribution in [0.25, 0.3) is 0 Å². The molecule has 2 rings (SSSR count). The second kappa shape index (κ2) is 11.5. The fourth-order valence-corrected chi connectivity index (χ4v) is 4.09. The Kier molecular flexibility index (Phi) is 9.06. The van der Waals surface area contributed by atoms with E-state index in [9.17, 15) is 18.0 Å². The molecule has 0 aliphatic heterocycles. The third kappa shape index (κ3) is 7.09. The number of rotatable bonds is 11. The molecule has 0 aliphatic rings. The minimum Gasteiger partial charge on any atom is -0.497 e. The molecule has 0 unspecified atom stereocenters. The van der Waals surface area contributed by atoms with Crippen molar-refractivity contribution < 1.29 is 37.0 Å². The van der Waals surface area contributed by atoms with Crippen LogP contribution in [0.5, 0.6) is 17.2 Å². The number of carbonyl (C=O) groups is 2. The standard InChI is InChI=1S/C22H28N2O8S/c1-14(2)21(24-33(27,28)17-9-6-15(29-3)7-10-17)22(26)32-13-20(25)23-18-11-8-16(30-4)12-19(18)31-5/h6-12,14,21,24H,13H2,1-5H3,(H,23,25)/t21-/m0/s1. The molecule has 0 bridgehead atoms. The summed E-state index contributed by atoms with van der Waals surface area (Å²) in [4.78, 5) is 24.8. The third-order valence-electron chi connectivity index (χ3n) is 4.60. The maximum absolute atomic E-state index is 12.7. The summed E-state index contributed by atoms with van der Waals surface area (Å²) in [5.41, 5.74) is 0.361. The van der Waals surface area contributed by atoms with E-state index in [1.54, 1.807) is 32.0 Å². The Morgan fingerprint density at radius 1 is 0.909 bits per heavy atom. The molecule has 1 amide bonds. The van der Waals surface area contributed by atoms with Gasteiger partial charge in [-0.15, -0.1) is 0 Å². The van der Waals surface area contributed by atoms with E-state index < -0.39 is 40.5 Å². The summed E-state index contributed by atoms with van der Waals surface area (Å²) >= 11 is 0. The lowest BCUT2D eigenvalue weighted by molar-refractivity contribution is -0.150. The number of carbonyl (C=O) groups excluding carboxylic acids is 2. The van der Waals surface area contributed by atoms with Crippen LogP contribution in [0.1, 0.15) is 13.8 Å². The number of esters is 1. The fourth-order valence-electron chi connectivity index (χ4n) is 2.76. The zero-order valence-corrected chi connectivity index (χ0v) is 19.9. The van der Waals surface area contributed by atoms with Gasteiger partial charge in [-0.05, 0) is 42.3 Å². The van der Waals surface area contributed by atoms with E-state index in [-0.39, 0.29) is 4.90 Å². The Morgan fingerprint density at radius 3 is 2.06 bits per heavy atom. The number of hydrogen-bond donors (Lipinski definition) is 2. The Bertz CT molecular complexity index is 1070. The van der Waals surface area contributed by atoms with Crippen LogP contribution in [0.3, 0.4) is 0 Å². The van der Waals surface area contributed by atoms with Crippen LogP contribution in [0, 0.1) is 5.92 Å². The molecule has 1 atom stereocenters. The van der Waals surface area contributed by atoms with Crippen molar-refractivity contribution in [2.75, 3.05) is 33.3 Å². The SMILES string of the molecule is COc1ccc(S(=O)(=O)N[C@H](C(=O)OCC(=O)Nc2ccc(OC)cc2OC)C(C)C)cc1. The van der Waals surface area contributed by atoms with Crippen molar-refractivity contribution in [2.45, 2.75) is 24.8 Å². The van der Waals surface area contributed by atoms with Crippen LogP contribution in [-0.2, 0) is 24.3 Å². The fraction of sp³-hybridized carbons (Fsp3) is 0.364. The number of methoxy groups -OCH3 is 3. The maximum atomic E-state index is 12.7. The van der Waals surface area contributed by atoms with Gasteiger partial charge in [0.2, 0.25) is 10.0 Å². The third-order valence-corrected chi connectivity index (χ3v) is 6.06. The Balaban J connectivity index is 2.03. The van der Waals surface area contributed by atoms with Gasteiger partial charge in [0.15, 0.2) is 6.61 Å². The smallest absolute Gasteiger partial charge is 0.324 e. The summed E-state index contributed by atoms with van der Waals surface area (Å²) in [7, 11) is 0.391. The molecule has 33 heavy (non-hydrogen) atoms. The molecule has 0 spiro atoms. The first-order valence-corrected chi connectivity index (χ1v) is 11.4. The van der Waals surface area contributed by atoms with E-state index in [0.717, 1.165) is 0 Å². The number of ether oxygens (including phenoxy) is 4. The normalized spacial score (nSPS) is 12.1. The molecule has 0 aromatic heterocycles. The first kappa shape index (κ1) is 25.9. The predicted molar refractivity (Wildman–Crippen MR) is 121 cm³/mol. The molecular formula is C22H28N2O8S. The highest BCUT2D eigenvalue weighted by Gasteiger charge is 2.30. The van der Waals surface area contributed by atoms with Gasteiger partial charge in [0.25, 0.3) is 5.91 Å². The van der Waals surface area contributed by atoms with E-state index >= 15 is 0 Å². The Labute approximate surface area is 193 Å². The van der Waals surface area contributed by atoms with Gasteiger partial charge in [-0.25, -0.2) is 8.42 Å². The van der Waals surface area contributed by atoms with Crippen LogP contribution < -0.4 is 24.2 Å². The number of benzene rings is 2. The summed E-state index contributed by atoms with van der Waals surface area (Å²) in [6, 6.07) is 9.32. The zero-order chi connectivity index (χ0) is 24.6. The second-order valence-corrected chi connectivity index (χ2v) is 8.95. The molecule has 2 N–H and O–H groups in total. The van der Waals surface area contributed by atoms with E-state index in [0.29, 0.717) is 22.9 Å². The maximum Gasteiger partial charge on any atom is 0.324 e. The molecule has 2 aromatic carbocycles. The van der Waals surface area contributed by atoms with Crippen LogP contribution in [0.4, 0.5) is 5.69 Å². The van der Waals surface area contributed by atoms with Crippen molar-refractivity contribution in [3.05, 3.63) is 42.5 Å². The van der Waals surface area contributed by atoms with E-state index in [1.165, 1.54) is 45.6 Å². The summed E-state index contributed by atoms with van der Waals surface area (Å²) in [5, 5.41) is 2.57. The first-order chi connectivity index (χ1) is 15.6. The summed E-state index contributed by atoms with van der Waals surface area (Å²) in [5.74, 6) is -0.531. The van der Waals surface area contributed by atoms with Crippen molar-refractivity contribution in [1.82, 2.24) is 4.72 Å². The van der Waals surface area contributed by atoms with Crippen molar-refractivity contribution in [3.63, 3.8) is 0 Å². The monoisotopic (exact) mass is 480 g/mol. The first-order valence-electron chi connectivity index (χ1n) is 9.96. The van der Waals surface area contributed by atoms with Crippen molar-refractivity contribution >= 4 is 27.6 Å². The minimum absolute atomic E-state index is 0.0360. The number of sulfonamides is 1. The highest BCUT2D eigenvalue weighted by molar-refractivity contribution is 7.89. The lowest BCUT2D eigenvalue weighted by atomic mass is 10.1. The molecule has 0 heterocycles. The number of anilines is 1. The number of hydrogen-bond acceptors (Lipinski definition) is 8. The van der Waals surface area contributed by atoms with Crippen LogP contribution in [-0.4, -0.2) is 54.3 Å². The summed E-state index contributed by atoms with van der Waals surface area (Å²) < 4.78 is 48.1. The van der Waals surface area contributed by atoms with Gasteiger partial charge in [0.1, 0.15) is 23.3 Å². The lowest BCUT2D eigenvalue weighted by Crippen LogP contribution is -2.45. The molecule has 11 heteroatoms. The van der Waals surface area contributed by atoms with Gasteiger partial charge >= 0.3 is 5.97 Å². The quantitative estimate of drug-likeness (QED) is 0.468. The molecule has 180 valence electrons. The number of amides is 1. The molecule has 2 aromatic rings. The van der Waals surface area contributed by atoms with Gasteiger partial charge in [0.05, 0.1) is 31.9 Å². The molecule has 0 fully saturated rings. The van der Waals surface area contributed by atoms with Gasteiger partial charge in [0, 0.05) is 6.07 Å². The topological polar surface area (TPSA) is 129 Å². The minimum atomic E-state index is -4.01. The highest BCUT2D eigenvalue weighted by atomic mass is 32.2. The Hall–Kier alpha value is -3.31. The average Bonchev–Trinajstić information content (AvgIpc) is 2.81. The van der Waals surface area contributed by atoms with E-state index in [4.69, 9.17) is 18.9 Å². The molecule has 0 saturated heterocycles. The largest absolute Gasteiger partial charge is 0.497 e. The van der Waals surface area contributed by atoms with Crippen molar-refractivity contribution in [3.8, 4) is 17.2 Å². The molecular weight excluding hydrogens is 452 g/mol. The molecule has 0 radical (unpaired) electrons. The van der Waals surface area contributed by atoms with E-state index in [1.807, 2.05) is 0 Å². The molecule has 0 saturated carbocycles. The number of nitrogens with one attached hydrogen (secondary N) is 2. The molecule has 10 nitrogen and oxygen atoms in total. The van der Waals surface area contributed by atoms with Gasteiger partial charge in [-0.1, -0.05) is 13.8 Å². The van der Waals surface area contributed by atoms with Gasteiger partial charge in [-0.2, -0.15) is 4.72 Å².